The van der Waals surface area contributed by atoms with Crippen LogP contribution in [0.15, 0.2) is 24.3 Å². The van der Waals surface area contributed by atoms with E-state index in [9.17, 15) is 4.79 Å². The minimum atomic E-state index is -0.148. The van der Waals surface area contributed by atoms with Gasteiger partial charge in [0.2, 0.25) is 0 Å². The van der Waals surface area contributed by atoms with Gasteiger partial charge in [-0.25, -0.2) is 4.79 Å². The van der Waals surface area contributed by atoms with Gasteiger partial charge in [-0.15, -0.1) is 0 Å². The van der Waals surface area contributed by atoms with Gasteiger partial charge in [0, 0.05) is 25.5 Å². The Balaban J connectivity index is 2.65. The third-order valence-corrected chi connectivity index (χ3v) is 1.57. The molecule has 0 spiro atoms. The van der Waals surface area contributed by atoms with Crippen LogP contribution in [-0.4, -0.2) is 25.0 Å². The summed E-state index contributed by atoms with van der Waals surface area (Å²) in [5.74, 6) is 0. The molecule has 0 heterocycles. The average molecular weight is 179 g/mol. The zero-order valence-electron chi connectivity index (χ0n) is 7.74. The minimum Gasteiger partial charge on any atom is -0.399 e. The summed E-state index contributed by atoms with van der Waals surface area (Å²) in [4.78, 5) is 12.6. The van der Waals surface area contributed by atoms with E-state index in [0.29, 0.717) is 5.69 Å². The lowest BCUT2D eigenvalue weighted by Crippen LogP contribution is -2.27. The number of benzene rings is 1. The maximum absolute atomic E-state index is 11.2. The van der Waals surface area contributed by atoms with E-state index in [1.807, 2.05) is 0 Å². The summed E-state index contributed by atoms with van der Waals surface area (Å²) in [6.45, 7) is 0. The number of anilines is 2. The zero-order valence-corrected chi connectivity index (χ0v) is 7.74. The van der Waals surface area contributed by atoms with Gasteiger partial charge in [-0.3, -0.25) is 0 Å². The van der Waals surface area contributed by atoms with Crippen LogP contribution >= 0.6 is 0 Å². The normalized spacial score (nSPS) is 9.38. The maximum Gasteiger partial charge on any atom is 0.321 e. The molecule has 3 N–H and O–H groups in total. The van der Waals surface area contributed by atoms with E-state index < -0.39 is 0 Å². The van der Waals surface area contributed by atoms with E-state index in [1.54, 1.807) is 38.4 Å². The molecule has 0 unspecified atom stereocenters. The van der Waals surface area contributed by atoms with Crippen molar-refractivity contribution < 1.29 is 4.79 Å². The summed E-state index contributed by atoms with van der Waals surface area (Å²) in [5, 5.41) is 2.70. The molecule has 0 fully saturated rings. The van der Waals surface area contributed by atoms with Crippen LogP contribution in [0, 0.1) is 0 Å². The fourth-order valence-electron chi connectivity index (χ4n) is 0.802. The molecule has 1 aromatic carbocycles. The lowest BCUT2D eigenvalue weighted by molar-refractivity contribution is 0.230. The van der Waals surface area contributed by atoms with Crippen molar-refractivity contribution >= 4 is 17.4 Å². The fraction of sp³-hybridized carbons (Fsp3) is 0.222. The second kappa shape index (κ2) is 3.80. The van der Waals surface area contributed by atoms with Gasteiger partial charge in [0.1, 0.15) is 0 Å². The van der Waals surface area contributed by atoms with Gasteiger partial charge in [-0.1, -0.05) is 0 Å². The quantitative estimate of drug-likeness (QED) is 0.639. The molecule has 0 saturated heterocycles. The number of nitrogens with one attached hydrogen (secondary N) is 1. The highest BCUT2D eigenvalue weighted by atomic mass is 16.2. The maximum atomic E-state index is 11.2. The first-order valence-electron chi connectivity index (χ1n) is 3.93. The molecule has 4 heteroatoms. The first-order chi connectivity index (χ1) is 6.09. The third kappa shape index (κ3) is 2.66. The van der Waals surface area contributed by atoms with Crippen molar-refractivity contribution in [2.24, 2.45) is 0 Å². The number of hydrogen-bond acceptors (Lipinski definition) is 2. The number of carbonyl (C=O) groups excluding carboxylic acids is 1. The topological polar surface area (TPSA) is 58.4 Å². The van der Waals surface area contributed by atoms with Crippen LogP contribution in [0.25, 0.3) is 0 Å². The second-order valence-corrected chi connectivity index (χ2v) is 2.95. The molecule has 0 radical (unpaired) electrons. The summed E-state index contributed by atoms with van der Waals surface area (Å²) < 4.78 is 0. The van der Waals surface area contributed by atoms with E-state index in [-0.39, 0.29) is 6.03 Å². The molecular formula is C9H13N3O. The third-order valence-electron chi connectivity index (χ3n) is 1.57. The van der Waals surface area contributed by atoms with Gasteiger partial charge in [-0.05, 0) is 24.3 Å². The van der Waals surface area contributed by atoms with Crippen molar-refractivity contribution in [3.63, 3.8) is 0 Å². The Morgan fingerprint density at radius 1 is 1.31 bits per heavy atom. The van der Waals surface area contributed by atoms with Crippen molar-refractivity contribution in [3.05, 3.63) is 24.3 Å². The highest BCUT2D eigenvalue weighted by molar-refractivity contribution is 5.89. The number of nitrogens with zero attached hydrogens (tertiary/aromatic N) is 1. The summed E-state index contributed by atoms with van der Waals surface area (Å²) in [6, 6.07) is 6.86. The number of rotatable bonds is 1. The number of urea groups is 1. The summed E-state index contributed by atoms with van der Waals surface area (Å²) in [5.41, 5.74) is 6.92. The molecule has 0 aliphatic carbocycles. The lowest BCUT2D eigenvalue weighted by Gasteiger charge is -2.11. The lowest BCUT2D eigenvalue weighted by atomic mass is 10.3. The molecule has 1 aromatic rings. The number of carbonyl (C=O) groups is 1. The molecule has 0 saturated carbocycles. The van der Waals surface area contributed by atoms with E-state index in [0.717, 1.165) is 5.69 Å². The molecule has 0 aliphatic rings. The average Bonchev–Trinajstić information content (AvgIpc) is 2.08. The summed E-state index contributed by atoms with van der Waals surface area (Å²) in [6.07, 6.45) is 0. The second-order valence-electron chi connectivity index (χ2n) is 2.95. The van der Waals surface area contributed by atoms with E-state index >= 15 is 0 Å². The van der Waals surface area contributed by atoms with Crippen molar-refractivity contribution in [2.45, 2.75) is 0 Å². The molecule has 2 amide bonds. The molecule has 4 nitrogen and oxygen atoms in total. The van der Waals surface area contributed by atoms with Gasteiger partial charge in [0.05, 0.1) is 0 Å². The van der Waals surface area contributed by atoms with Gasteiger partial charge in [0.15, 0.2) is 0 Å². The van der Waals surface area contributed by atoms with Crippen LogP contribution in [0.1, 0.15) is 0 Å². The standard InChI is InChI=1S/C9H13N3O/c1-12(2)9(13)11-8-5-3-7(10)4-6-8/h3-6H,10H2,1-2H3,(H,11,13). The monoisotopic (exact) mass is 179 g/mol. The fourth-order valence-corrected chi connectivity index (χ4v) is 0.802. The van der Waals surface area contributed by atoms with E-state index in [1.165, 1.54) is 4.90 Å². The molecule has 0 atom stereocenters. The van der Waals surface area contributed by atoms with Gasteiger partial charge < -0.3 is 16.0 Å². The first-order valence-corrected chi connectivity index (χ1v) is 3.93. The van der Waals surface area contributed by atoms with E-state index in [2.05, 4.69) is 5.32 Å². The number of hydrogen-bond donors (Lipinski definition) is 2. The van der Waals surface area contributed by atoms with Gasteiger partial charge in [0.25, 0.3) is 0 Å². The molecule has 0 aromatic heterocycles. The largest absolute Gasteiger partial charge is 0.399 e. The Bertz CT molecular complexity index is 292. The minimum absolute atomic E-state index is 0.148. The Kier molecular flexibility index (Phi) is 2.74. The van der Waals surface area contributed by atoms with Crippen molar-refractivity contribution in [3.8, 4) is 0 Å². The van der Waals surface area contributed by atoms with Crippen LogP contribution < -0.4 is 11.1 Å². The van der Waals surface area contributed by atoms with Gasteiger partial charge >= 0.3 is 6.03 Å². The molecule has 0 bridgehead atoms. The van der Waals surface area contributed by atoms with Crippen LogP contribution in [-0.2, 0) is 0 Å². The highest BCUT2D eigenvalue weighted by Crippen LogP contribution is 2.10. The molecule has 1 rings (SSSR count). The van der Waals surface area contributed by atoms with Crippen molar-refractivity contribution in [2.75, 3.05) is 25.1 Å². The highest BCUT2D eigenvalue weighted by Gasteiger charge is 2.02. The van der Waals surface area contributed by atoms with Crippen LogP contribution in [0.2, 0.25) is 0 Å². The van der Waals surface area contributed by atoms with Crippen LogP contribution in [0.3, 0.4) is 0 Å². The number of nitrogen functional groups attached to an aromatic ring is 1. The van der Waals surface area contributed by atoms with E-state index in [4.69, 9.17) is 5.73 Å². The summed E-state index contributed by atoms with van der Waals surface area (Å²) >= 11 is 0. The van der Waals surface area contributed by atoms with Crippen LogP contribution in [0.5, 0.6) is 0 Å². The van der Waals surface area contributed by atoms with Crippen LogP contribution in [0.4, 0.5) is 16.2 Å². The number of nitrogens with two attached hydrogens (primary N) is 1. The number of amides is 2. The van der Waals surface area contributed by atoms with Crippen molar-refractivity contribution in [1.82, 2.24) is 4.90 Å². The Labute approximate surface area is 77.3 Å². The smallest absolute Gasteiger partial charge is 0.321 e. The first kappa shape index (κ1) is 9.38. The SMILES string of the molecule is CN(C)C(=O)Nc1ccc(N)cc1. The molecule has 13 heavy (non-hydrogen) atoms. The Morgan fingerprint density at radius 3 is 2.31 bits per heavy atom. The molecule has 70 valence electrons. The summed E-state index contributed by atoms with van der Waals surface area (Å²) in [7, 11) is 3.37. The van der Waals surface area contributed by atoms with Crippen molar-refractivity contribution in [1.29, 1.82) is 0 Å². The molecule has 0 aliphatic heterocycles. The van der Waals surface area contributed by atoms with Gasteiger partial charge in [-0.2, -0.15) is 0 Å². The molecular weight excluding hydrogens is 166 g/mol. The predicted molar refractivity (Wildman–Crippen MR) is 53.6 cm³/mol. The Hall–Kier alpha value is -1.71. The Morgan fingerprint density at radius 2 is 1.85 bits per heavy atom. The zero-order chi connectivity index (χ0) is 9.84. The predicted octanol–water partition coefficient (Wildman–Crippen LogP) is 1.36.